The van der Waals surface area contributed by atoms with Crippen LogP contribution in [0, 0.1) is 5.41 Å². The molecule has 0 saturated carbocycles. The molecule has 2 heteroatoms. The van der Waals surface area contributed by atoms with Gasteiger partial charge >= 0.3 is 0 Å². The van der Waals surface area contributed by atoms with Gasteiger partial charge in [-0.15, -0.1) is 13.2 Å². The highest BCUT2D eigenvalue weighted by Gasteiger charge is 2.21. The Morgan fingerprint density at radius 2 is 0.961 bits per heavy atom. The highest BCUT2D eigenvalue weighted by molar-refractivity contribution is 6.13. The van der Waals surface area contributed by atoms with Crippen LogP contribution in [0.2, 0.25) is 0 Å². The fourth-order valence-corrected chi connectivity index (χ4v) is 7.28. The van der Waals surface area contributed by atoms with Gasteiger partial charge in [0.15, 0.2) is 0 Å². The van der Waals surface area contributed by atoms with E-state index >= 15 is 0 Å². The Labute approximate surface area is 303 Å². The van der Waals surface area contributed by atoms with E-state index in [0.29, 0.717) is 0 Å². The first-order chi connectivity index (χ1) is 25.0. The number of rotatable bonds is 12. The molecule has 0 radical (unpaired) electrons. The van der Waals surface area contributed by atoms with Gasteiger partial charge in [0.2, 0.25) is 0 Å². The quantitative estimate of drug-likeness (QED) is 0.0950. The number of nitrogens with zero attached hydrogens (tertiary/aromatic N) is 2. The fraction of sp³-hybridized carbons (Fsp3) is 0.143. The van der Waals surface area contributed by atoms with E-state index in [4.69, 9.17) is 0 Å². The second-order valence-corrected chi connectivity index (χ2v) is 13.9. The van der Waals surface area contributed by atoms with Crippen molar-refractivity contribution in [2.45, 2.75) is 39.5 Å². The molecule has 0 unspecified atom stereocenters. The summed E-state index contributed by atoms with van der Waals surface area (Å²) in [4.78, 5) is 4.74. The van der Waals surface area contributed by atoms with Crippen molar-refractivity contribution < 1.29 is 0 Å². The van der Waals surface area contributed by atoms with Gasteiger partial charge in [0.25, 0.3) is 0 Å². The summed E-state index contributed by atoms with van der Waals surface area (Å²) in [5.41, 5.74) is 9.58. The zero-order valence-electron chi connectivity index (χ0n) is 29.8. The van der Waals surface area contributed by atoms with E-state index in [1.54, 1.807) is 0 Å². The molecule has 51 heavy (non-hydrogen) atoms. The number of benzene rings is 6. The van der Waals surface area contributed by atoms with E-state index in [2.05, 4.69) is 195 Å². The molecule has 2 nitrogen and oxygen atoms in total. The largest absolute Gasteiger partial charge is 0.310 e. The van der Waals surface area contributed by atoms with Crippen LogP contribution in [0.15, 0.2) is 189 Å². The molecule has 1 aliphatic rings. The van der Waals surface area contributed by atoms with E-state index in [-0.39, 0.29) is 5.41 Å². The van der Waals surface area contributed by atoms with Gasteiger partial charge in [-0.05, 0) is 131 Å². The highest BCUT2D eigenvalue weighted by Crippen LogP contribution is 2.43. The summed E-state index contributed by atoms with van der Waals surface area (Å²) < 4.78 is 0. The number of hydrogen-bond acceptors (Lipinski definition) is 2. The van der Waals surface area contributed by atoms with Crippen LogP contribution >= 0.6 is 0 Å². The molecule has 0 spiro atoms. The minimum absolute atomic E-state index is 0.0176. The minimum atomic E-state index is -0.0176. The maximum atomic E-state index is 4.13. The summed E-state index contributed by atoms with van der Waals surface area (Å²) in [5, 5.41) is 5.14. The number of para-hydroxylation sites is 3. The molecule has 0 heterocycles. The molecule has 6 aromatic carbocycles. The van der Waals surface area contributed by atoms with Gasteiger partial charge in [0.1, 0.15) is 0 Å². The molecule has 0 saturated heterocycles. The number of hydrogen-bond donors (Lipinski definition) is 0. The van der Waals surface area contributed by atoms with Crippen LogP contribution in [0.5, 0.6) is 0 Å². The number of fused-ring (bicyclic) bond motifs is 3. The summed E-state index contributed by atoms with van der Waals surface area (Å²) in [6.07, 6.45) is 19.0. The Morgan fingerprint density at radius 1 is 0.510 bits per heavy atom. The lowest BCUT2D eigenvalue weighted by Crippen LogP contribution is -2.15. The van der Waals surface area contributed by atoms with E-state index in [1.165, 1.54) is 32.7 Å². The third kappa shape index (κ3) is 7.09. The maximum absolute atomic E-state index is 4.13. The standard InChI is InChI=1S/C49H46N2/c1-5-7-26-43-44(27-8-6-2)48-36-42(51(39-23-16-11-17-24-39)40-25-18-33-49(3,4)34-32-40)29-31-46(48)45-30-28-41(35-47(43)45)50(37-19-12-9-13-20-37)38-21-14-10-15-22-38/h5-6,9-25,28-36H,1-2,7-8,26-27H2,3-4H3. The Bertz CT molecular complexity index is 2220. The third-order valence-corrected chi connectivity index (χ3v) is 9.80. The summed E-state index contributed by atoms with van der Waals surface area (Å²) in [6, 6.07) is 46.1. The molecule has 0 aromatic heterocycles. The van der Waals surface area contributed by atoms with Crippen LogP contribution in [0.4, 0.5) is 28.4 Å². The number of aryl methyl sites for hydroxylation is 2. The van der Waals surface area contributed by atoms with Crippen molar-refractivity contribution in [3.63, 3.8) is 0 Å². The maximum Gasteiger partial charge on any atom is 0.0468 e. The minimum Gasteiger partial charge on any atom is -0.310 e. The van der Waals surface area contributed by atoms with E-state index in [0.717, 1.165) is 59.8 Å². The lowest BCUT2D eigenvalue weighted by Gasteiger charge is -2.28. The zero-order chi connectivity index (χ0) is 35.2. The van der Waals surface area contributed by atoms with Crippen LogP contribution in [0.1, 0.15) is 37.8 Å². The molecule has 6 aromatic rings. The molecule has 7 rings (SSSR count). The monoisotopic (exact) mass is 662 g/mol. The Hall–Kier alpha value is -5.86. The summed E-state index contributed by atoms with van der Waals surface area (Å²) >= 11 is 0. The van der Waals surface area contributed by atoms with Crippen LogP contribution < -0.4 is 9.80 Å². The Balaban J connectivity index is 1.47. The summed E-state index contributed by atoms with van der Waals surface area (Å²) in [7, 11) is 0. The average Bonchev–Trinajstić information content (AvgIpc) is 3.34. The molecule has 0 bridgehead atoms. The molecular formula is C49H46N2. The van der Waals surface area contributed by atoms with Gasteiger partial charge in [-0.25, -0.2) is 0 Å². The van der Waals surface area contributed by atoms with Crippen molar-refractivity contribution in [3.05, 3.63) is 200 Å². The summed E-state index contributed by atoms with van der Waals surface area (Å²) in [6.45, 7) is 12.7. The molecule has 0 aliphatic heterocycles. The molecule has 0 atom stereocenters. The smallest absolute Gasteiger partial charge is 0.0468 e. The first-order valence-electron chi connectivity index (χ1n) is 18.0. The van der Waals surface area contributed by atoms with E-state index in [9.17, 15) is 0 Å². The molecule has 0 fully saturated rings. The van der Waals surface area contributed by atoms with Gasteiger partial charge in [0, 0.05) is 39.5 Å². The summed E-state index contributed by atoms with van der Waals surface area (Å²) in [5.74, 6) is 0. The SMILES string of the molecule is C=CCCc1c(CCC=C)c2cc(N(c3ccccc3)c3ccccc3)ccc2c2ccc(N(C3=CC=CC(C)(C)C=C3)c3ccccc3)cc12. The van der Waals surface area contributed by atoms with Gasteiger partial charge in [-0.2, -0.15) is 0 Å². The third-order valence-electron chi connectivity index (χ3n) is 9.80. The number of anilines is 5. The van der Waals surface area contributed by atoms with Crippen LogP contribution in [-0.4, -0.2) is 0 Å². The molecule has 0 N–H and O–H groups in total. The van der Waals surface area contributed by atoms with Crippen LogP contribution in [-0.2, 0) is 12.8 Å². The first-order valence-corrected chi connectivity index (χ1v) is 18.0. The molecule has 1 aliphatic carbocycles. The molecular weight excluding hydrogens is 617 g/mol. The van der Waals surface area contributed by atoms with Gasteiger partial charge in [0.05, 0.1) is 0 Å². The normalized spacial score (nSPS) is 13.5. The fourth-order valence-electron chi connectivity index (χ4n) is 7.28. The Kier molecular flexibility index (Phi) is 9.85. The molecule has 0 amide bonds. The predicted molar refractivity (Wildman–Crippen MR) is 222 cm³/mol. The highest BCUT2D eigenvalue weighted by atomic mass is 15.1. The van der Waals surface area contributed by atoms with Crippen molar-refractivity contribution >= 4 is 50.0 Å². The van der Waals surface area contributed by atoms with Gasteiger partial charge in [-0.1, -0.05) is 111 Å². The molecule has 252 valence electrons. The van der Waals surface area contributed by atoms with Crippen LogP contribution in [0.25, 0.3) is 21.5 Å². The van der Waals surface area contributed by atoms with Gasteiger partial charge in [-0.3, -0.25) is 0 Å². The zero-order valence-corrected chi connectivity index (χ0v) is 29.8. The second-order valence-electron chi connectivity index (χ2n) is 13.9. The van der Waals surface area contributed by atoms with Crippen molar-refractivity contribution in [1.29, 1.82) is 0 Å². The predicted octanol–water partition coefficient (Wildman–Crippen LogP) is 13.9. The van der Waals surface area contributed by atoms with Gasteiger partial charge < -0.3 is 9.80 Å². The topological polar surface area (TPSA) is 6.48 Å². The van der Waals surface area contributed by atoms with Crippen LogP contribution in [0.3, 0.4) is 0 Å². The first kappa shape index (κ1) is 33.6. The lowest BCUT2D eigenvalue weighted by molar-refractivity contribution is 0.627. The number of allylic oxidation sites excluding steroid dienone is 7. The van der Waals surface area contributed by atoms with Crippen molar-refractivity contribution in [1.82, 2.24) is 0 Å². The van der Waals surface area contributed by atoms with Crippen molar-refractivity contribution in [2.75, 3.05) is 9.80 Å². The van der Waals surface area contributed by atoms with Crippen molar-refractivity contribution in [2.24, 2.45) is 5.41 Å². The average molecular weight is 663 g/mol. The Morgan fingerprint density at radius 3 is 1.43 bits per heavy atom. The van der Waals surface area contributed by atoms with Crippen molar-refractivity contribution in [3.8, 4) is 0 Å². The van der Waals surface area contributed by atoms with E-state index < -0.39 is 0 Å². The lowest BCUT2D eigenvalue weighted by atomic mass is 9.86. The second kappa shape index (κ2) is 14.9. The van der Waals surface area contributed by atoms with E-state index in [1.807, 2.05) is 12.2 Å².